The normalized spacial score (nSPS) is 10.4. The van der Waals surface area contributed by atoms with Gasteiger partial charge in [0, 0.05) is 0 Å². The number of ether oxygens (including phenoxy) is 1. The van der Waals surface area contributed by atoms with Crippen molar-refractivity contribution in [1.82, 2.24) is 5.43 Å². The summed E-state index contributed by atoms with van der Waals surface area (Å²) in [6.07, 6.45) is 1.49. The third kappa shape index (κ3) is 4.45. The van der Waals surface area contributed by atoms with Crippen LogP contribution < -0.4 is 10.2 Å². The zero-order chi connectivity index (χ0) is 14.2. The molecule has 2 aromatic rings. The summed E-state index contributed by atoms with van der Waals surface area (Å²) in [5, 5.41) is 12.9. The van der Waals surface area contributed by atoms with Gasteiger partial charge in [0.05, 0.1) is 6.21 Å². The molecule has 0 aromatic heterocycles. The second-order valence-electron chi connectivity index (χ2n) is 3.99. The highest BCUT2D eigenvalue weighted by Gasteiger charge is 2.00. The van der Waals surface area contributed by atoms with Crippen LogP contribution in [0.25, 0.3) is 0 Å². The number of rotatable bonds is 5. The van der Waals surface area contributed by atoms with E-state index in [4.69, 9.17) is 9.84 Å². The molecule has 0 unspecified atom stereocenters. The first-order valence-electron chi connectivity index (χ1n) is 6.03. The zero-order valence-electron chi connectivity index (χ0n) is 10.7. The summed E-state index contributed by atoms with van der Waals surface area (Å²) in [6, 6.07) is 15.5. The van der Waals surface area contributed by atoms with Crippen LogP contribution in [0, 0.1) is 0 Å². The molecule has 0 heterocycles. The van der Waals surface area contributed by atoms with Crippen molar-refractivity contribution in [2.24, 2.45) is 5.10 Å². The molecular formula is C15H14N2O3. The molecule has 1 amide bonds. The van der Waals surface area contributed by atoms with Crippen molar-refractivity contribution in [3.05, 3.63) is 60.2 Å². The minimum absolute atomic E-state index is 0.100. The van der Waals surface area contributed by atoms with Crippen molar-refractivity contribution in [3.63, 3.8) is 0 Å². The third-order valence-corrected chi connectivity index (χ3v) is 2.41. The number of amides is 1. The van der Waals surface area contributed by atoms with E-state index in [9.17, 15) is 4.79 Å². The number of carbonyl (C=O) groups excluding carboxylic acids is 1. The summed E-state index contributed by atoms with van der Waals surface area (Å²) in [4.78, 5) is 11.5. The Hall–Kier alpha value is -2.82. The van der Waals surface area contributed by atoms with Gasteiger partial charge in [-0.05, 0) is 42.0 Å². The van der Waals surface area contributed by atoms with Crippen LogP contribution in [0.2, 0.25) is 0 Å². The lowest BCUT2D eigenvalue weighted by Crippen LogP contribution is -2.24. The van der Waals surface area contributed by atoms with Gasteiger partial charge in [-0.25, -0.2) is 5.43 Å². The lowest BCUT2D eigenvalue weighted by atomic mass is 10.2. The van der Waals surface area contributed by atoms with Gasteiger partial charge in [0.2, 0.25) is 0 Å². The van der Waals surface area contributed by atoms with Crippen LogP contribution in [0.5, 0.6) is 11.5 Å². The fourth-order valence-corrected chi connectivity index (χ4v) is 1.44. The van der Waals surface area contributed by atoms with E-state index in [1.165, 1.54) is 6.21 Å². The Bertz CT molecular complexity index is 580. The van der Waals surface area contributed by atoms with E-state index in [2.05, 4.69) is 10.5 Å². The monoisotopic (exact) mass is 270 g/mol. The number of nitrogens with one attached hydrogen (secondary N) is 1. The van der Waals surface area contributed by atoms with Gasteiger partial charge in [-0.1, -0.05) is 18.2 Å². The number of hydrazone groups is 1. The first-order chi connectivity index (χ1) is 9.74. The Kier molecular flexibility index (Phi) is 4.72. The molecule has 0 saturated carbocycles. The van der Waals surface area contributed by atoms with E-state index in [1.54, 1.807) is 36.4 Å². The first kappa shape index (κ1) is 13.6. The molecule has 0 spiro atoms. The molecular weight excluding hydrogens is 256 g/mol. The number of carbonyl (C=O) groups is 1. The average molecular weight is 270 g/mol. The highest BCUT2D eigenvalue weighted by atomic mass is 16.5. The van der Waals surface area contributed by atoms with Crippen molar-refractivity contribution in [3.8, 4) is 11.5 Å². The lowest BCUT2D eigenvalue weighted by Gasteiger charge is -2.04. The molecule has 5 heteroatoms. The third-order valence-electron chi connectivity index (χ3n) is 2.41. The number of para-hydroxylation sites is 1. The fraction of sp³-hybridized carbons (Fsp3) is 0.0667. The molecule has 2 aromatic carbocycles. The summed E-state index contributed by atoms with van der Waals surface area (Å²) in [5.41, 5.74) is 3.13. The van der Waals surface area contributed by atoms with Crippen LogP contribution in [0.1, 0.15) is 5.56 Å². The second-order valence-corrected chi connectivity index (χ2v) is 3.99. The molecule has 0 atom stereocenters. The molecule has 0 aliphatic rings. The number of aromatic hydroxyl groups is 1. The molecule has 0 aliphatic heterocycles. The van der Waals surface area contributed by atoms with Crippen LogP contribution in [0.3, 0.4) is 0 Å². The van der Waals surface area contributed by atoms with Crippen LogP contribution in [-0.4, -0.2) is 23.8 Å². The zero-order valence-corrected chi connectivity index (χ0v) is 10.7. The average Bonchev–Trinajstić information content (AvgIpc) is 2.48. The van der Waals surface area contributed by atoms with E-state index < -0.39 is 0 Å². The molecule has 102 valence electrons. The van der Waals surface area contributed by atoms with Gasteiger partial charge >= 0.3 is 0 Å². The summed E-state index contributed by atoms with van der Waals surface area (Å²) >= 11 is 0. The Morgan fingerprint density at radius 2 is 1.85 bits per heavy atom. The van der Waals surface area contributed by atoms with Gasteiger partial charge in [0.1, 0.15) is 11.5 Å². The molecule has 5 nitrogen and oxygen atoms in total. The molecule has 0 saturated heterocycles. The Labute approximate surface area is 116 Å². The molecule has 2 N–H and O–H groups in total. The molecule has 2 rings (SSSR count). The quantitative estimate of drug-likeness (QED) is 0.644. The molecule has 0 bridgehead atoms. The maximum Gasteiger partial charge on any atom is 0.277 e. The lowest BCUT2D eigenvalue weighted by molar-refractivity contribution is -0.123. The maximum absolute atomic E-state index is 11.5. The van der Waals surface area contributed by atoms with Crippen molar-refractivity contribution < 1.29 is 14.6 Å². The minimum Gasteiger partial charge on any atom is -0.508 e. The van der Waals surface area contributed by atoms with Gasteiger partial charge in [0.15, 0.2) is 6.61 Å². The SMILES string of the molecule is O=C(COc1ccccc1)NN=Cc1ccc(O)cc1. The summed E-state index contributed by atoms with van der Waals surface area (Å²) in [7, 11) is 0. The number of phenolic OH excluding ortho intramolecular Hbond substituents is 1. The Morgan fingerprint density at radius 1 is 1.15 bits per heavy atom. The van der Waals surface area contributed by atoms with Gasteiger partial charge in [0.25, 0.3) is 5.91 Å². The number of nitrogens with zero attached hydrogens (tertiary/aromatic N) is 1. The molecule has 20 heavy (non-hydrogen) atoms. The van der Waals surface area contributed by atoms with Crippen LogP contribution in [-0.2, 0) is 4.79 Å². The second kappa shape index (κ2) is 6.94. The smallest absolute Gasteiger partial charge is 0.277 e. The predicted octanol–water partition coefficient (Wildman–Crippen LogP) is 1.92. The van der Waals surface area contributed by atoms with E-state index in [0.717, 1.165) is 5.56 Å². The minimum atomic E-state index is -0.344. The van der Waals surface area contributed by atoms with Gasteiger partial charge in [-0.2, -0.15) is 5.10 Å². The van der Waals surface area contributed by atoms with E-state index in [-0.39, 0.29) is 18.3 Å². The van der Waals surface area contributed by atoms with Crippen molar-refractivity contribution in [2.45, 2.75) is 0 Å². The highest BCUT2D eigenvalue weighted by molar-refractivity contribution is 5.83. The fourth-order valence-electron chi connectivity index (χ4n) is 1.44. The van der Waals surface area contributed by atoms with Gasteiger partial charge < -0.3 is 9.84 Å². The van der Waals surface area contributed by atoms with E-state index in [0.29, 0.717) is 5.75 Å². The number of phenols is 1. The summed E-state index contributed by atoms with van der Waals surface area (Å²) in [6.45, 7) is -0.100. The number of hydrogen-bond donors (Lipinski definition) is 2. The number of benzene rings is 2. The topological polar surface area (TPSA) is 70.9 Å². The molecule has 0 fully saturated rings. The summed E-state index contributed by atoms with van der Waals surface area (Å²) in [5.74, 6) is 0.469. The predicted molar refractivity (Wildman–Crippen MR) is 75.8 cm³/mol. The van der Waals surface area contributed by atoms with Gasteiger partial charge in [-0.3, -0.25) is 4.79 Å². The standard InChI is InChI=1S/C15H14N2O3/c18-13-8-6-12(7-9-13)10-16-17-15(19)11-20-14-4-2-1-3-5-14/h1-10,18H,11H2,(H,17,19). The highest BCUT2D eigenvalue weighted by Crippen LogP contribution is 2.08. The Balaban J connectivity index is 1.76. The Morgan fingerprint density at radius 3 is 2.55 bits per heavy atom. The van der Waals surface area contributed by atoms with Crippen LogP contribution in [0.15, 0.2) is 59.7 Å². The van der Waals surface area contributed by atoms with E-state index >= 15 is 0 Å². The van der Waals surface area contributed by atoms with Crippen molar-refractivity contribution >= 4 is 12.1 Å². The number of hydrogen-bond acceptors (Lipinski definition) is 4. The van der Waals surface area contributed by atoms with Crippen molar-refractivity contribution in [1.29, 1.82) is 0 Å². The molecule has 0 aliphatic carbocycles. The largest absolute Gasteiger partial charge is 0.508 e. The first-order valence-corrected chi connectivity index (χ1v) is 6.03. The summed E-state index contributed by atoms with van der Waals surface area (Å²) < 4.78 is 5.27. The van der Waals surface area contributed by atoms with Crippen LogP contribution in [0.4, 0.5) is 0 Å². The van der Waals surface area contributed by atoms with Gasteiger partial charge in [-0.15, -0.1) is 0 Å². The molecule has 0 radical (unpaired) electrons. The van der Waals surface area contributed by atoms with E-state index in [1.807, 2.05) is 18.2 Å². The van der Waals surface area contributed by atoms with Crippen molar-refractivity contribution in [2.75, 3.05) is 6.61 Å². The maximum atomic E-state index is 11.5. The van der Waals surface area contributed by atoms with Crippen LogP contribution >= 0.6 is 0 Å².